The van der Waals surface area contributed by atoms with Gasteiger partial charge < -0.3 is 5.32 Å². The molecule has 0 unspecified atom stereocenters. The first-order valence-corrected chi connectivity index (χ1v) is 9.06. The highest BCUT2D eigenvalue weighted by Gasteiger charge is 2.29. The summed E-state index contributed by atoms with van der Waals surface area (Å²) in [5.41, 5.74) is 4.26. The third kappa shape index (κ3) is 2.32. The maximum Gasteiger partial charge on any atom is 0.0649 e. The van der Waals surface area contributed by atoms with E-state index in [2.05, 4.69) is 33.9 Å². The van der Waals surface area contributed by atoms with Gasteiger partial charge in [0, 0.05) is 23.0 Å². The molecule has 1 aliphatic carbocycles. The Kier molecular flexibility index (Phi) is 3.36. The fourth-order valence-electron chi connectivity index (χ4n) is 3.35. The van der Waals surface area contributed by atoms with E-state index in [-0.39, 0.29) is 0 Å². The predicted octanol–water partition coefficient (Wildman–Crippen LogP) is 3.54. The van der Waals surface area contributed by atoms with E-state index in [9.17, 15) is 0 Å². The summed E-state index contributed by atoms with van der Waals surface area (Å²) in [6.45, 7) is 2.34. The van der Waals surface area contributed by atoms with E-state index in [1.165, 1.54) is 33.9 Å². The lowest BCUT2D eigenvalue weighted by molar-refractivity contribution is 0.379. The molecule has 2 N–H and O–H groups in total. The highest BCUT2D eigenvalue weighted by Crippen LogP contribution is 2.44. The summed E-state index contributed by atoms with van der Waals surface area (Å²) >= 11 is 3.93. The molecule has 4 rings (SSSR count). The summed E-state index contributed by atoms with van der Waals surface area (Å²) in [5.74, 6) is 0. The van der Waals surface area contributed by atoms with Crippen LogP contribution in [0.4, 0.5) is 0 Å². The van der Waals surface area contributed by atoms with Crippen molar-refractivity contribution in [3.63, 3.8) is 0 Å². The van der Waals surface area contributed by atoms with Gasteiger partial charge >= 0.3 is 0 Å². The monoisotopic (exact) mass is 305 g/mol. The van der Waals surface area contributed by atoms with Gasteiger partial charge in [-0.2, -0.15) is 5.10 Å². The third-order valence-corrected chi connectivity index (χ3v) is 6.71. The number of aromatic nitrogens is 2. The number of fused-ring (bicyclic) bond motifs is 2. The van der Waals surface area contributed by atoms with Crippen LogP contribution in [-0.4, -0.2) is 21.5 Å². The van der Waals surface area contributed by atoms with Gasteiger partial charge in [0.2, 0.25) is 0 Å². The predicted molar refractivity (Wildman–Crippen MR) is 84.5 cm³/mol. The molecule has 20 heavy (non-hydrogen) atoms. The van der Waals surface area contributed by atoms with Crippen molar-refractivity contribution in [2.45, 2.75) is 54.1 Å². The van der Waals surface area contributed by atoms with Crippen LogP contribution in [0.5, 0.6) is 0 Å². The maximum absolute atomic E-state index is 4.17. The van der Waals surface area contributed by atoms with Crippen molar-refractivity contribution in [2.24, 2.45) is 0 Å². The Morgan fingerprint density at radius 1 is 1.45 bits per heavy atom. The second-order valence-corrected chi connectivity index (χ2v) is 8.48. The standard InChI is InChI=1S/C15H19N3S2/c1-9-6-14(12-4-5-19-15(12)20-9)17-11-2-3-13-10(7-11)8-16-18-13/h4-5,8-9,11,14,17H,2-3,6-7H2,1H3,(H,16,18)/t9-,11-,14-/m0/s1. The lowest BCUT2D eigenvalue weighted by Gasteiger charge is -2.32. The van der Waals surface area contributed by atoms with Crippen molar-refractivity contribution in [1.29, 1.82) is 0 Å². The molecule has 1 aliphatic heterocycles. The van der Waals surface area contributed by atoms with Crippen molar-refractivity contribution in [3.8, 4) is 0 Å². The minimum Gasteiger partial charge on any atom is -0.307 e. The second kappa shape index (κ2) is 5.20. The molecule has 3 nitrogen and oxygen atoms in total. The van der Waals surface area contributed by atoms with Gasteiger partial charge in [-0.15, -0.1) is 23.1 Å². The molecule has 106 valence electrons. The number of nitrogens with zero attached hydrogens (tertiary/aromatic N) is 1. The summed E-state index contributed by atoms with van der Waals surface area (Å²) in [5, 5.41) is 14.2. The Morgan fingerprint density at radius 3 is 3.35 bits per heavy atom. The van der Waals surface area contributed by atoms with Crippen LogP contribution in [0.2, 0.25) is 0 Å². The Labute approximate surface area is 127 Å². The van der Waals surface area contributed by atoms with Gasteiger partial charge in [-0.05, 0) is 48.3 Å². The van der Waals surface area contributed by atoms with E-state index in [0.29, 0.717) is 17.3 Å². The fourth-order valence-corrected chi connectivity index (χ4v) is 5.92. The molecule has 2 aliphatic rings. The zero-order chi connectivity index (χ0) is 13.5. The van der Waals surface area contributed by atoms with Gasteiger partial charge in [0.1, 0.15) is 0 Å². The minimum atomic E-state index is 0.533. The van der Waals surface area contributed by atoms with Crippen LogP contribution in [0.1, 0.15) is 42.6 Å². The molecular formula is C15H19N3S2. The Balaban J connectivity index is 1.51. The van der Waals surface area contributed by atoms with Crippen LogP contribution in [0.3, 0.4) is 0 Å². The Morgan fingerprint density at radius 2 is 2.40 bits per heavy atom. The minimum absolute atomic E-state index is 0.533. The smallest absolute Gasteiger partial charge is 0.0649 e. The number of H-pyrrole nitrogens is 1. The number of thioether (sulfide) groups is 1. The molecule has 0 bridgehead atoms. The zero-order valence-electron chi connectivity index (χ0n) is 11.6. The molecule has 0 saturated heterocycles. The van der Waals surface area contributed by atoms with E-state index < -0.39 is 0 Å². The topological polar surface area (TPSA) is 40.7 Å². The second-order valence-electron chi connectivity index (χ2n) is 5.86. The first-order valence-electron chi connectivity index (χ1n) is 7.31. The van der Waals surface area contributed by atoms with Gasteiger partial charge in [-0.3, -0.25) is 5.10 Å². The summed E-state index contributed by atoms with van der Waals surface area (Å²) in [6.07, 6.45) is 6.69. The zero-order valence-corrected chi connectivity index (χ0v) is 13.2. The van der Waals surface area contributed by atoms with E-state index >= 15 is 0 Å². The summed E-state index contributed by atoms with van der Waals surface area (Å²) in [7, 11) is 0. The molecule has 0 amide bonds. The molecule has 2 aromatic heterocycles. The number of aryl methyl sites for hydroxylation is 1. The summed E-state index contributed by atoms with van der Waals surface area (Å²) in [6, 6.07) is 3.43. The number of nitrogens with one attached hydrogen (secondary N) is 2. The summed E-state index contributed by atoms with van der Waals surface area (Å²) in [4.78, 5) is 0. The maximum atomic E-state index is 4.17. The van der Waals surface area contributed by atoms with Crippen molar-refractivity contribution in [3.05, 3.63) is 34.5 Å². The first-order chi connectivity index (χ1) is 9.79. The Bertz CT molecular complexity index is 604. The molecule has 5 heteroatoms. The summed E-state index contributed by atoms with van der Waals surface area (Å²) < 4.78 is 1.51. The van der Waals surface area contributed by atoms with Crippen molar-refractivity contribution in [1.82, 2.24) is 15.5 Å². The first kappa shape index (κ1) is 12.9. The van der Waals surface area contributed by atoms with Crippen LogP contribution in [0.15, 0.2) is 21.9 Å². The Hall–Kier alpha value is -0.780. The lowest BCUT2D eigenvalue weighted by Crippen LogP contribution is -2.38. The van der Waals surface area contributed by atoms with E-state index in [1.54, 1.807) is 0 Å². The molecule has 3 heterocycles. The third-order valence-electron chi connectivity index (χ3n) is 4.36. The van der Waals surface area contributed by atoms with Gasteiger partial charge in [0.15, 0.2) is 0 Å². The van der Waals surface area contributed by atoms with E-state index in [1.807, 2.05) is 29.3 Å². The van der Waals surface area contributed by atoms with Crippen LogP contribution >= 0.6 is 23.1 Å². The molecular weight excluding hydrogens is 286 g/mol. The average molecular weight is 305 g/mol. The van der Waals surface area contributed by atoms with Crippen LogP contribution < -0.4 is 5.32 Å². The molecule has 0 aromatic carbocycles. The van der Waals surface area contributed by atoms with Crippen LogP contribution in [-0.2, 0) is 12.8 Å². The van der Waals surface area contributed by atoms with Gasteiger partial charge in [0.25, 0.3) is 0 Å². The van der Waals surface area contributed by atoms with E-state index in [0.717, 1.165) is 12.8 Å². The molecule has 3 atom stereocenters. The quantitative estimate of drug-likeness (QED) is 0.891. The molecule has 0 fully saturated rings. The highest BCUT2D eigenvalue weighted by atomic mass is 32.2. The molecule has 0 radical (unpaired) electrons. The number of hydrogen-bond acceptors (Lipinski definition) is 4. The van der Waals surface area contributed by atoms with Gasteiger partial charge in [-0.1, -0.05) is 6.92 Å². The molecule has 0 saturated carbocycles. The molecule has 0 spiro atoms. The fraction of sp³-hybridized carbons (Fsp3) is 0.533. The van der Waals surface area contributed by atoms with Crippen LogP contribution in [0.25, 0.3) is 0 Å². The molecule has 2 aromatic rings. The number of thiophene rings is 1. The highest BCUT2D eigenvalue weighted by molar-refractivity contribution is 8.01. The van der Waals surface area contributed by atoms with Crippen molar-refractivity contribution < 1.29 is 0 Å². The lowest BCUT2D eigenvalue weighted by atomic mass is 9.92. The SMILES string of the molecule is C[C@H]1C[C@H](N[C@H]2CCc3[nH]ncc3C2)c2ccsc2S1. The number of rotatable bonds is 2. The average Bonchev–Trinajstić information content (AvgIpc) is 3.05. The van der Waals surface area contributed by atoms with Gasteiger partial charge in [-0.25, -0.2) is 0 Å². The van der Waals surface area contributed by atoms with Crippen molar-refractivity contribution in [2.75, 3.05) is 0 Å². The number of aromatic amines is 1. The normalized spacial score (nSPS) is 28.9. The van der Waals surface area contributed by atoms with E-state index in [4.69, 9.17) is 0 Å². The largest absolute Gasteiger partial charge is 0.307 e. The van der Waals surface area contributed by atoms with Crippen molar-refractivity contribution >= 4 is 23.1 Å². The van der Waals surface area contributed by atoms with Crippen LogP contribution in [0, 0.1) is 0 Å². The van der Waals surface area contributed by atoms with Gasteiger partial charge in [0.05, 0.1) is 10.4 Å². The number of hydrogen-bond donors (Lipinski definition) is 2.